The molecule has 0 saturated carbocycles. The van der Waals surface area contributed by atoms with Gasteiger partial charge >= 0.3 is 8.56 Å². The van der Waals surface area contributed by atoms with E-state index in [1.807, 2.05) is 0 Å². The van der Waals surface area contributed by atoms with Crippen LogP contribution < -0.4 is 0 Å². The van der Waals surface area contributed by atoms with Crippen molar-refractivity contribution in [3.05, 3.63) is 0 Å². The molecule has 1 heterocycles. The summed E-state index contributed by atoms with van der Waals surface area (Å²) in [5.74, 6) is 0. The topological polar surface area (TPSA) is 36.9 Å². The molecule has 0 aliphatic carbocycles. The predicted molar refractivity (Wildman–Crippen MR) is 122 cm³/mol. The molecule has 1 unspecified atom stereocenters. The maximum atomic E-state index is 6.94. The smallest absolute Gasteiger partial charge is 0.311 e. The second kappa shape index (κ2) is 9.02. The van der Waals surface area contributed by atoms with Gasteiger partial charge in [-0.05, 0) is 58.2 Å². The minimum atomic E-state index is -2.08. The first-order valence-electron chi connectivity index (χ1n) is 10.2. The van der Waals surface area contributed by atoms with E-state index in [-0.39, 0.29) is 5.41 Å². The molecule has 1 fully saturated rings. The molecule has 1 aliphatic rings. The van der Waals surface area contributed by atoms with Crippen LogP contribution in [0, 0.1) is 5.41 Å². The fraction of sp³-hybridized carbons (Fsp3) is 1.00. The van der Waals surface area contributed by atoms with E-state index in [9.17, 15) is 0 Å². The lowest BCUT2D eigenvalue weighted by molar-refractivity contribution is -0.150. The van der Waals surface area contributed by atoms with Crippen LogP contribution in [0.4, 0.5) is 0 Å². The highest BCUT2D eigenvalue weighted by atomic mass is 29.3. The van der Waals surface area contributed by atoms with Crippen molar-refractivity contribution in [2.75, 3.05) is 26.4 Å². The average Bonchev–Trinajstić information content (AvgIpc) is 2.36. The normalized spacial score (nSPS) is 20.5. The summed E-state index contributed by atoms with van der Waals surface area (Å²) in [7, 11) is -6.84. The first-order valence-corrected chi connectivity index (χ1v) is 23.5. The van der Waals surface area contributed by atoms with Crippen molar-refractivity contribution in [3.8, 4) is 0 Å². The van der Waals surface area contributed by atoms with E-state index in [0.29, 0.717) is 0 Å². The zero-order valence-corrected chi connectivity index (χ0v) is 23.1. The Morgan fingerprint density at radius 3 is 1.85 bits per heavy atom. The SMILES string of the molecule is CCC1(COCCC[Si](C)(O[Si](C)(C)O[Si](C)(C)C)[Si](C)(C)C)COC1. The van der Waals surface area contributed by atoms with Crippen molar-refractivity contribution in [1.29, 1.82) is 0 Å². The van der Waals surface area contributed by atoms with Gasteiger partial charge in [0.1, 0.15) is 0 Å². The zero-order valence-electron chi connectivity index (χ0n) is 19.1. The molecule has 0 amide bonds. The van der Waals surface area contributed by atoms with Crippen LogP contribution in [0.25, 0.3) is 0 Å². The summed E-state index contributed by atoms with van der Waals surface area (Å²) >= 11 is 0. The lowest BCUT2D eigenvalue weighted by Crippen LogP contribution is -2.63. The van der Waals surface area contributed by atoms with E-state index in [4.69, 9.17) is 17.7 Å². The van der Waals surface area contributed by atoms with Crippen molar-refractivity contribution in [3.63, 3.8) is 0 Å². The van der Waals surface area contributed by atoms with Crippen molar-refractivity contribution in [2.24, 2.45) is 5.41 Å². The van der Waals surface area contributed by atoms with Gasteiger partial charge in [-0.1, -0.05) is 26.6 Å². The van der Waals surface area contributed by atoms with E-state index in [2.05, 4.69) is 65.8 Å². The van der Waals surface area contributed by atoms with Gasteiger partial charge in [0, 0.05) is 12.0 Å². The molecular formula is C18H44O4Si4. The van der Waals surface area contributed by atoms with E-state index < -0.39 is 32.3 Å². The maximum absolute atomic E-state index is 6.94. The summed E-state index contributed by atoms with van der Waals surface area (Å²) in [5.41, 5.74) is 0.288. The van der Waals surface area contributed by atoms with Crippen molar-refractivity contribution in [2.45, 2.75) is 84.7 Å². The third-order valence-corrected chi connectivity index (χ3v) is 29.4. The highest BCUT2D eigenvalue weighted by Gasteiger charge is 2.48. The number of ether oxygens (including phenoxy) is 2. The largest absolute Gasteiger partial charge is 0.439 e. The summed E-state index contributed by atoms with van der Waals surface area (Å²) in [4.78, 5) is 0. The molecular weight excluding hydrogens is 393 g/mol. The molecule has 1 atom stereocenters. The summed E-state index contributed by atoms with van der Waals surface area (Å²) in [5, 5.41) is 0. The van der Waals surface area contributed by atoms with Crippen LogP contribution in [0.15, 0.2) is 0 Å². The Kier molecular flexibility index (Phi) is 8.59. The molecule has 0 radical (unpaired) electrons. The average molecular weight is 437 g/mol. The molecule has 0 bridgehead atoms. The Balaban J connectivity index is 2.57. The minimum Gasteiger partial charge on any atom is -0.439 e. The van der Waals surface area contributed by atoms with Crippen LogP contribution >= 0.6 is 0 Å². The lowest BCUT2D eigenvalue weighted by atomic mass is 9.84. The first kappa shape index (κ1) is 24.7. The molecule has 1 aliphatic heterocycles. The van der Waals surface area contributed by atoms with Crippen LogP contribution in [-0.2, 0) is 17.7 Å². The molecule has 0 spiro atoms. The van der Waals surface area contributed by atoms with Crippen LogP contribution in [0.3, 0.4) is 0 Å². The minimum absolute atomic E-state index is 0.288. The summed E-state index contributed by atoms with van der Waals surface area (Å²) in [6.45, 7) is 26.8. The molecule has 0 aromatic rings. The second-order valence-corrected chi connectivity index (χ2v) is 34.5. The molecule has 156 valence electrons. The monoisotopic (exact) mass is 436 g/mol. The maximum Gasteiger partial charge on any atom is 0.311 e. The highest BCUT2D eigenvalue weighted by Crippen LogP contribution is 2.33. The molecule has 0 aromatic carbocycles. The van der Waals surface area contributed by atoms with Crippen LogP contribution in [0.5, 0.6) is 0 Å². The molecule has 0 aromatic heterocycles. The number of hydrogen-bond donors (Lipinski definition) is 0. The lowest BCUT2D eigenvalue weighted by Gasteiger charge is -2.45. The van der Waals surface area contributed by atoms with Crippen LogP contribution in [-0.4, -0.2) is 58.7 Å². The molecule has 1 rings (SSSR count). The third kappa shape index (κ3) is 7.61. The highest BCUT2D eigenvalue weighted by molar-refractivity contribution is 7.39. The molecule has 8 heteroatoms. The summed E-state index contributed by atoms with van der Waals surface area (Å²) < 4.78 is 24.9. The van der Waals surface area contributed by atoms with Crippen LogP contribution in [0.2, 0.25) is 65.0 Å². The van der Waals surface area contributed by atoms with Gasteiger partial charge in [-0.3, -0.25) is 0 Å². The number of rotatable bonds is 12. The van der Waals surface area contributed by atoms with Gasteiger partial charge in [-0.25, -0.2) is 0 Å². The first-order chi connectivity index (χ1) is 11.6. The van der Waals surface area contributed by atoms with Gasteiger partial charge in [-0.15, -0.1) is 0 Å². The quantitative estimate of drug-likeness (QED) is 0.304. The standard InChI is InChI=1S/C18H44O4Si4/c1-11-18(16-20-17-18)15-19-13-12-14-26(10,24(5,6)7)22-25(8,9)21-23(2,3)4/h11-17H2,1-10H3. The van der Waals surface area contributed by atoms with Crippen molar-refractivity contribution < 1.29 is 17.7 Å². The zero-order chi connectivity index (χ0) is 20.3. The molecule has 26 heavy (non-hydrogen) atoms. The van der Waals surface area contributed by atoms with E-state index in [0.717, 1.165) is 39.3 Å². The fourth-order valence-corrected chi connectivity index (χ4v) is 25.2. The fourth-order valence-electron chi connectivity index (χ4n) is 3.46. The Morgan fingerprint density at radius 1 is 0.885 bits per heavy atom. The van der Waals surface area contributed by atoms with Gasteiger partial charge < -0.3 is 17.7 Å². The number of hydrogen-bond acceptors (Lipinski definition) is 4. The van der Waals surface area contributed by atoms with Crippen molar-refractivity contribution in [1.82, 2.24) is 0 Å². The van der Waals surface area contributed by atoms with Gasteiger partial charge in [0.2, 0.25) is 0 Å². The van der Waals surface area contributed by atoms with E-state index >= 15 is 0 Å². The molecule has 0 N–H and O–H groups in total. The molecule has 4 nitrogen and oxygen atoms in total. The van der Waals surface area contributed by atoms with E-state index in [1.54, 1.807) is 0 Å². The Hall–Kier alpha value is 0.708. The summed E-state index contributed by atoms with van der Waals surface area (Å²) in [6.07, 6.45) is 2.25. The van der Waals surface area contributed by atoms with Crippen molar-refractivity contribution >= 4 is 32.3 Å². The van der Waals surface area contributed by atoms with Crippen LogP contribution in [0.1, 0.15) is 19.8 Å². The predicted octanol–water partition coefficient (Wildman–Crippen LogP) is 5.38. The second-order valence-electron chi connectivity index (χ2n) is 10.7. The Labute approximate surface area is 166 Å². The summed E-state index contributed by atoms with van der Waals surface area (Å²) in [6, 6.07) is 1.18. The third-order valence-electron chi connectivity index (χ3n) is 5.53. The van der Waals surface area contributed by atoms with Gasteiger partial charge in [0.15, 0.2) is 16.2 Å². The molecule has 1 saturated heterocycles. The van der Waals surface area contributed by atoms with Gasteiger partial charge in [0.25, 0.3) is 0 Å². The van der Waals surface area contributed by atoms with Gasteiger partial charge in [0.05, 0.1) is 27.4 Å². The van der Waals surface area contributed by atoms with Gasteiger partial charge in [-0.2, -0.15) is 0 Å². The Morgan fingerprint density at radius 2 is 1.46 bits per heavy atom. The van der Waals surface area contributed by atoms with E-state index in [1.165, 1.54) is 6.04 Å². The Bertz CT molecular complexity index is 436.